The van der Waals surface area contributed by atoms with Crippen molar-refractivity contribution in [2.24, 2.45) is 0 Å². The fourth-order valence-corrected chi connectivity index (χ4v) is 1.35. The Morgan fingerprint density at radius 3 is 2.92 bits per heavy atom. The molecule has 0 amide bonds. The average molecular weight is 162 g/mol. The van der Waals surface area contributed by atoms with E-state index >= 15 is 0 Å². The second kappa shape index (κ2) is 2.55. The van der Waals surface area contributed by atoms with Crippen LogP contribution >= 0.6 is 0 Å². The zero-order valence-corrected chi connectivity index (χ0v) is 7.13. The Morgan fingerprint density at radius 2 is 2.17 bits per heavy atom. The summed E-state index contributed by atoms with van der Waals surface area (Å²) in [5.74, 6) is 0.876. The van der Waals surface area contributed by atoms with Crippen molar-refractivity contribution in [3.05, 3.63) is 30.0 Å². The molecule has 0 fully saturated rings. The molecule has 1 heterocycles. The summed E-state index contributed by atoms with van der Waals surface area (Å²) >= 11 is 0. The van der Waals surface area contributed by atoms with Crippen molar-refractivity contribution in [1.29, 1.82) is 0 Å². The number of hydrogen-bond acceptors (Lipinski definition) is 2. The molecule has 2 heteroatoms. The molecule has 0 unspecified atom stereocenters. The third-order valence-electron chi connectivity index (χ3n) is 1.95. The van der Waals surface area contributed by atoms with Gasteiger partial charge in [0.15, 0.2) is 0 Å². The van der Waals surface area contributed by atoms with Gasteiger partial charge in [-0.3, -0.25) is 0 Å². The minimum atomic E-state index is 0.876. The van der Waals surface area contributed by atoms with E-state index in [0.717, 1.165) is 22.3 Å². The largest absolute Gasteiger partial charge is 0.497 e. The van der Waals surface area contributed by atoms with Gasteiger partial charge in [0.25, 0.3) is 0 Å². The zero-order valence-electron chi connectivity index (χ0n) is 7.13. The summed E-state index contributed by atoms with van der Waals surface area (Å²) in [6.07, 6.45) is 1.69. The second-order valence-electron chi connectivity index (χ2n) is 2.78. The highest BCUT2D eigenvalue weighted by molar-refractivity contribution is 5.81. The Balaban J connectivity index is 2.75. The van der Waals surface area contributed by atoms with E-state index in [9.17, 15) is 0 Å². The Morgan fingerprint density at radius 1 is 1.33 bits per heavy atom. The van der Waals surface area contributed by atoms with Crippen LogP contribution in [-0.4, -0.2) is 7.11 Å². The fraction of sp³-hybridized carbons (Fsp3) is 0.200. The molecule has 0 saturated heterocycles. The summed E-state index contributed by atoms with van der Waals surface area (Å²) in [5, 5.41) is 1.09. The molecule has 0 aliphatic rings. The predicted octanol–water partition coefficient (Wildman–Crippen LogP) is 2.75. The molecule has 1 aromatic heterocycles. The van der Waals surface area contributed by atoms with Crippen LogP contribution in [0.3, 0.4) is 0 Å². The molecule has 2 rings (SSSR count). The number of methoxy groups -OCH3 is 1. The van der Waals surface area contributed by atoms with Gasteiger partial charge in [0.1, 0.15) is 11.3 Å². The molecule has 12 heavy (non-hydrogen) atoms. The Bertz CT molecular complexity index is 401. The van der Waals surface area contributed by atoms with Crippen molar-refractivity contribution >= 4 is 11.0 Å². The lowest BCUT2D eigenvalue weighted by molar-refractivity contribution is 0.415. The van der Waals surface area contributed by atoms with E-state index < -0.39 is 0 Å². The van der Waals surface area contributed by atoms with Gasteiger partial charge >= 0.3 is 0 Å². The van der Waals surface area contributed by atoms with E-state index in [1.165, 1.54) is 0 Å². The smallest absolute Gasteiger partial charge is 0.137 e. The first-order valence-corrected chi connectivity index (χ1v) is 3.83. The summed E-state index contributed by atoms with van der Waals surface area (Å²) < 4.78 is 10.4. The molecule has 0 atom stereocenters. The Hall–Kier alpha value is -1.44. The summed E-state index contributed by atoms with van der Waals surface area (Å²) in [5.41, 5.74) is 2.05. The quantitative estimate of drug-likeness (QED) is 0.643. The lowest BCUT2D eigenvalue weighted by Gasteiger charge is -2.00. The molecule has 0 aliphatic carbocycles. The lowest BCUT2D eigenvalue weighted by atomic mass is 10.2. The highest BCUT2D eigenvalue weighted by atomic mass is 16.5. The Kier molecular flexibility index (Phi) is 1.54. The van der Waals surface area contributed by atoms with Crippen molar-refractivity contribution in [2.45, 2.75) is 6.92 Å². The van der Waals surface area contributed by atoms with E-state index in [2.05, 4.69) is 0 Å². The summed E-state index contributed by atoms with van der Waals surface area (Å²) in [4.78, 5) is 0. The molecule has 2 nitrogen and oxygen atoms in total. The number of fused-ring (bicyclic) bond motifs is 1. The minimum Gasteiger partial charge on any atom is -0.497 e. The van der Waals surface area contributed by atoms with Crippen LogP contribution in [0.5, 0.6) is 5.75 Å². The lowest BCUT2D eigenvalue weighted by Crippen LogP contribution is -1.83. The first-order chi connectivity index (χ1) is 5.81. The van der Waals surface area contributed by atoms with Gasteiger partial charge in [-0.25, -0.2) is 0 Å². The van der Waals surface area contributed by atoms with Crippen LogP contribution < -0.4 is 4.74 Å². The van der Waals surface area contributed by atoms with E-state index in [4.69, 9.17) is 9.15 Å². The maximum Gasteiger partial charge on any atom is 0.137 e. The van der Waals surface area contributed by atoms with Crippen molar-refractivity contribution in [3.8, 4) is 5.75 Å². The van der Waals surface area contributed by atoms with Gasteiger partial charge in [0.2, 0.25) is 0 Å². The van der Waals surface area contributed by atoms with Crippen molar-refractivity contribution in [2.75, 3.05) is 7.11 Å². The van der Waals surface area contributed by atoms with Crippen molar-refractivity contribution in [1.82, 2.24) is 0 Å². The molecule has 1 aromatic carbocycles. The monoisotopic (exact) mass is 162 g/mol. The van der Waals surface area contributed by atoms with Gasteiger partial charge in [-0.2, -0.15) is 0 Å². The number of ether oxygens (including phenoxy) is 1. The van der Waals surface area contributed by atoms with Crippen LogP contribution in [0, 0.1) is 6.92 Å². The van der Waals surface area contributed by atoms with Crippen molar-refractivity contribution < 1.29 is 9.15 Å². The Labute approximate surface area is 70.8 Å². The number of rotatable bonds is 1. The minimum absolute atomic E-state index is 0.876. The molecular formula is C10H10O2. The van der Waals surface area contributed by atoms with Crippen LogP contribution in [0.2, 0.25) is 0 Å². The van der Waals surface area contributed by atoms with Gasteiger partial charge < -0.3 is 9.15 Å². The third-order valence-corrected chi connectivity index (χ3v) is 1.95. The molecule has 0 aliphatic heterocycles. The standard InChI is InChI=1S/C10H10O2/c1-7-5-9(11-2)6-8-3-4-12-10(7)8/h3-6H,1-2H3. The van der Waals surface area contributed by atoms with Crippen LogP contribution in [0.15, 0.2) is 28.9 Å². The molecule has 0 radical (unpaired) electrons. The van der Waals surface area contributed by atoms with E-state index in [-0.39, 0.29) is 0 Å². The van der Waals surface area contributed by atoms with E-state index in [1.54, 1.807) is 13.4 Å². The van der Waals surface area contributed by atoms with Crippen LogP contribution in [0.25, 0.3) is 11.0 Å². The number of benzene rings is 1. The molecule has 2 aromatic rings. The second-order valence-corrected chi connectivity index (χ2v) is 2.78. The molecule has 0 bridgehead atoms. The van der Waals surface area contributed by atoms with Crippen molar-refractivity contribution in [3.63, 3.8) is 0 Å². The van der Waals surface area contributed by atoms with Crippen LogP contribution in [-0.2, 0) is 0 Å². The van der Waals surface area contributed by atoms with Gasteiger partial charge in [-0.15, -0.1) is 0 Å². The first-order valence-electron chi connectivity index (χ1n) is 3.83. The molecule has 0 spiro atoms. The van der Waals surface area contributed by atoms with Gasteiger partial charge in [-0.05, 0) is 30.7 Å². The first kappa shape index (κ1) is 7.22. The van der Waals surface area contributed by atoms with Gasteiger partial charge in [0.05, 0.1) is 13.4 Å². The highest BCUT2D eigenvalue weighted by Gasteiger charge is 2.02. The van der Waals surface area contributed by atoms with Crippen LogP contribution in [0.4, 0.5) is 0 Å². The van der Waals surface area contributed by atoms with E-state index in [0.29, 0.717) is 0 Å². The molecule has 0 saturated carbocycles. The highest BCUT2D eigenvalue weighted by Crippen LogP contribution is 2.25. The molecular weight excluding hydrogens is 152 g/mol. The summed E-state index contributed by atoms with van der Waals surface area (Å²) in [6.45, 7) is 2.01. The van der Waals surface area contributed by atoms with Gasteiger partial charge in [0, 0.05) is 5.39 Å². The maximum atomic E-state index is 5.29. The van der Waals surface area contributed by atoms with Crippen LogP contribution in [0.1, 0.15) is 5.56 Å². The predicted molar refractivity (Wildman–Crippen MR) is 47.5 cm³/mol. The van der Waals surface area contributed by atoms with Gasteiger partial charge in [-0.1, -0.05) is 0 Å². The molecule has 62 valence electrons. The zero-order chi connectivity index (χ0) is 8.55. The SMILES string of the molecule is COc1cc(C)c2occc2c1. The van der Waals surface area contributed by atoms with E-state index in [1.807, 2.05) is 25.1 Å². The average Bonchev–Trinajstić information content (AvgIpc) is 2.52. The number of hydrogen-bond donors (Lipinski definition) is 0. The number of aryl methyl sites for hydroxylation is 1. The third kappa shape index (κ3) is 0.961. The maximum absolute atomic E-state index is 5.29. The topological polar surface area (TPSA) is 22.4 Å². The summed E-state index contributed by atoms with van der Waals surface area (Å²) in [7, 11) is 1.67. The fourth-order valence-electron chi connectivity index (χ4n) is 1.35. The molecule has 0 N–H and O–H groups in total. The summed E-state index contributed by atoms with van der Waals surface area (Å²) in [6, 6.07) is 5.86. The normalized spacial score (nSPS) is 10.5. The number of furan rings is 1.